The highest BCUT2D eigenvalue weighted by Gasteiger charge is 2.29. The summed E-state index contributed by atoms with van der Waals surface area (Å²) in [6, 6.07) is 5.69. The van der Waals surface area contributed by atoms with Gasteiger partial charge >= 0.3 is 0 Å². The number of carbonyl (C=O) groups is 1. The van der Waals surface area contributed by atoms with E-state index in [-0.39, 0.29) is 29.6 Å². The fraction of sp³-hybridized carbons (Fsp3) is 0.438. The number of nitrogens with zero attached hydrogens (tertiary/aromatic N) is 2. The lowest BCUT2D eigenvalue weighted by Gasteiger charge is -2.32. The predicted molar refractivity (Wildman–Crippen MR) is 87.9 cm³/mol. The molecule has 2 aromatic rings. The van der Waals surface area contributed by atoms with Crippen LogP contribution in [0.4, 0.5) is 4.39 Å². The first-order valence-corrected chi connectivity index (χ1v) is 8.81. The first kappa shape index (κ1) is 17.7. The Hall–Kier alpha value is -2.13. The van der Waals surface area contributed by atoms with E-state index in [1.165, 1.54) is 23.9 Å². The third-order valence-corrected chi connectivity index (χ3v) is 4.39. The number of ether oxygens (including phenoxy) is 2. The van der Waals surface area contributed by atoms with Crippen molar-refractivity contribution in [1.82, 2.24) is 15.5 Å². The molecule has 0 bridgehead atoms. The molecule has 2 heterocycles. The number of rotatable bonds is 6. The number of halogens is 1. The van der Waals surface area contributed by atoms with Crippen molar-refractivity contribution in [2.45, 2.75) is 30.7 Å². The Kier molecular flexibility index (Phi) is 5.87. The van der Waals surface area contributed by atoms with Crippen molar-refractivity contribution in [1.29, 1.82) is 0 Å². The molecule has 0 saturated carbocycles. The van der Waals surface area contributed by atoms with Crippen molar-refractivity contribution in [2.24, 2.45) is 0 Å². The standard InChI is InChI=1S/C16H18FN3O4S/c1-10-19-20-16(23-10)25-9-15(21)18-13-5-6-22-8-14(13)24-12-4-2-3-11(17)7-12/h2-4,7,13-14H,5-6,8-9H2,1H3,(H,18,21). The molecule has 7 nitrogen and oxygen atoms in total. The van der Waals surface area contributed by atoms with Gasteiger partial charge < -0.3 is 19.2 Å². The van der Waals surface area contributed by atoms with E-state index in [4.69, 9.17) is 13.9 Å². The minimum absolute atomic E-state index is 0.158. The monoisotopic (exact) mass is 367 g/mol. The Morgan fingerprint density at radius 2 is 2.36 bits per heavy atom. The second-order valence-electron chi connectivity index (χ2n) is 5.53. The summed E-state index contributed by atoms with van der Waals surface area (Å²) in [6.07, 6.45) is 0.242. The van der Waals surface area contributed by atoms with E-state index in [0.717, 1.165) is 0 Å². The van der Waals surface area contributed by atoms with Crippen LogP contribution in [0.5, 0.6) is 5.75 Å². The summed E-state index contributed by atoms with van der Waals surface area (Å²) < 4.78 is 29.7. The van der Waals surface area contributed by atoms with Crippen LogP contribution in [0, 0.1) is 12.7 Å². The van der Waals surface area contributed by atoms with E-state index in [1.807, 2.05) is 0 Å². The molecule has 1 aromatic heterocycles. The van der Waals surface area contributed by atoms with Crippen LogP contribution in [-0.2, 0) is 9.53 Å². The molecule has 0 radical (unpaired) electrons. The zero-order valence-electron chi connectivity index (χ0n) is 13.6. The first-order valence-electron chi connectivity index (χ1n) is 7.82. The smallest absolute Gasteiger partial charge is 0.277 e. The van der Waals surface area contributed by atoms with E-state index in [1.54, 1.807) is 19.1 Å². The SMILES string of the molecule is Cc1nnc(SCC(=O)NC2CCOCC2Oc2cccc(F)c2)o1. The summed E-state index contributed by atoms with van der Waals surface area (Å²) >= 11 is 1.17. The summed E-state index contributed by atoms with van der Waals surface area (Å²) in [5.41, 5.74) is 0. The average molecular weight is 367 g/mol. The Morgan fingerprint density at radius 3 is 3.12 bits per heavy atom. The number of hydrogen-bond donors (Lipinski definition) is 1. The molecule has 0 spiro atoms. The van der Waals surface area contributed by atoms with Gasteiger partial charge in [-0.05, 0) is 18.6 Å². The number of thioether (sulfide) groups is 1. The second kappa shape index (κ2) is 8.30. The third-order valence-electron chi connectivity index (χ3n) is 3.57. The molecule has 2 unspecified atom stereocenters. The molecule has 1 fully saturated rings. The maximum Gasteiger partial charge on any atom is 0.277 e. The summed E-state index contributed by atoms with van der Waals surface area (Å²) in [4.78, 5) is 12.2. The van der Waals surface area contributed by atoms with Gasteiger partial charge in [0.05, 0.1) is 18.4 Å². The van der Waals surface area contributed by atoms with Gasteiger partial charge in [-0.3, -0.25) is 4.79 Å². The zero-order valence-corrected chi connectivity index (χ0v) is 14.4. The Bertz CT molecular complexity index is 727. The summed E-state index contributed by atoms with van der Waals surface area (Å²) in [6.45, 7) is 2.55. The van der Waals surface area contributed by atoms with Crippen molar-refractivity contribution in [3.63, 3.8) is 0 Å². The molecular formula is C16H18FN3O4S. The largest absolute Gasteiger partial charge is 0.486 e. The van der Waals surface area contributed by atoms with Gasteiger partial charge in [0, 0.05) is 19.6 Å². The normalized spacial score (nSPS) is 20.2. The lowest BCUT2D eigenvalue weighted by molar-refractivity contribution is -0.121. The van der Waals surface area contributed by atoms with Gasteiger partial charge in [0.1, 0.15) is 17.7 Å². The quantitative estimate of drug-likeness (QED) is 0.781. The van der Waals surface area contributed by atoms with Crippen molar-refractivity contribution < 1.29 is 23.1 Å². The average Bonchev–Trinajstić information content (AvgIpc) is 3.00. The highest BCUT2D eigenvalue weighted by atomic mass is 32.2. The van der Waals surface area contributed by atoms with Crippen LogP contribution in [0.2, 0.25) is 0 Å². The molecule has 1 aliphatic heterocycles. The topological polar surface area (TPSA) is 86.5 Å². The van der Waals surface area contributed by atoms with Gasteiger partial charge in [-0.1, -0.05) is 17.8 Å². The van der Waals surface area contributed by atoms with Crippen LogP contribution in [0.15, 0.2) is 33.9 Å². The Labute approximate surface area is 148 Å². The van der Waals surface area contributed by atoms with Gasteiger partial charge in [-0.2, -0.15) is 0 Å². The Balaban J connectivity index is 1.54. The molecule has 2 atom stereocenters. The predicted octanol–water partition coefficient (Wildman–Crippen LogP) is 1.96. The number of benzene rings is 1. The van der Waals surface area contributed by atoms with Crippen LogP contribution >= 0.6 is 11.8 Å². The minimum Gasteiger partial charge on any atom is -0.486 e. The molecule has 1 N–H and O–H groups in total. The molecule has 134 valence electrons. The molecule has 1 amide bonds. The lowest BCUT2D eigenvalue weighted by atomic mass is 10.1. The third kappa shape index (κ3) is 5.17. The van der Waals surface area contributed by atoms with Gasteiger partial charge in [0.15, 0.2) is 0 Å². The number of carbonyl (C=O) groups excluding carboxylic acids is 1. The summed E-state index contributed by atoms with van der Waals surface area (Å²) in [5, 5.41) is 10.8. The van der Waals surface area contributed by atoms with E-state index >= 15 is 0 Å². The molecule has 1 aliphatic rings. The maximum absolute atomic E-state index is 13.3. The fourth-order valence-corrected chi connectivity index (χ4v) is 3.04. The molecule has 0 aliphatic carbocycles. The number of aromatic nitrogens is 2. The van der Waals surface area contributed by atoms with E-state index in [0.29, 0.717) is 36.5 Å². The number of aryl methyl sites for hydroxylation is 1. The lowest BCUT2D eigenvalue weighted by Crippen LogP contribution is -2.51. The first-order chi connectivity index (χ1) is 12.1. The molecule has 25 heavy (non-hydrogen) atoms. The highest BCUT2D eigenvalue weighted by Crippen LogP contribution is 2.19. The fourth-order valence-electron chi connectivity index (χ4n) is 2.42. The minimum atomic E-state index is -0.379. The van der Waals surface area contributed by atoms with Crippen molar-refractivity contribution in [3.8, 4) is 5.75 Å². The van der Waals surface area contributed by atoms with E-state index in [9.17, 15) is 9.18 Å². The second-order valence-corrected chi connectivity index (χ2v) is 6.45. The molecule has 3 rings (SSSR count). The van der Waals surface area contributed by atoms with Gasteiger partial charge in [-0.15, -0.1) is 10.2 Å². The van der Waals surface area contributed by atoms with E-state index < -0.39 is 0 Å². The number of amides is 1. The summed E-state index contributed by atoms with van der Waals surface area (Å²) in [7, 11) is 0. The van der Waals surface area contributed by atoms with Gasteiger partial charge in [-0.25, -0.2) is 4.39 Å². The van der Waals surface area contributed by atoms with Crippen molar-refractivity contribution >= 4 is 17.7 Å². The van der Waals surface area contributed by atoms with Crippen molar-refractivity contribution in [3.05, 3.63) is 36.0 Å². The maximum atomic E-state index is 13.3. The van der Waals surface area contributed by atoms with Crippen LogP contribution in [0.1, 0.15) is 12.3 Å². The molecular weight excluding hydrogens is 349 g/mol. The molecule has 1 saturated heterocycles. The number of nitrogens with one attached hydrogen (secondary N) is 1. The highest BCUT2D eigenvalue weighted by molar-refractivity contribution is 7.99. The van der Waals surface area contributed by atoms with Crippen LogP contribution in [-0.4, -0.2) is 47.2 Å². The number of hydrogen-bond acceptors (Lipinski definition) is 7. The van der Waals surface area contributed by atoms with Crippen LogP contribution in [0.3, 0.4) is 0 Å². The molecule has 9 heteroatoms. The van der Waals surface area contributed by atoms with Gasteiger partial charge in [0.2, 0.25) is 11.8 Å². The Morgan fingerprint density at radius 1 is 1.48 bits per heavy atom. The van der Waals surface area contributed by atoms with Crippen LogP contribution in [0.25, 0.3) is 0 Å². The van der Waals surface area contributed by atoms with Crippen molar-refractivity contribution in [2.75, 3.05) is 19.0 Å². The summed E-state index contributed by atoms with van der Waals surface area (Å²) in [5.74, 6) is 0.481. The van der Waals surface area contributed by atoms with Gasteiger partial charge in [0.25, 0.3) is 5.22 Å². The van der Waals surface area contributed by atoms with E-state index in [2.05, 4.69) is 15.5 Å². The van der Waals surface area contributed by atoms with Crippen LogP contribution < -0.4 is 10.1 Å². The zero-order chi connectivity index (χ0) is 17.6. The molecule has 1 aromatic carbocycles.